The summed E-state index contributed by atoms with van der Waals surface area (Å²) in [5, 5.41) is 16.1. The predicted molar refractivity (Wildman–Crippen MR) is 96.0 cm³/mol. The highest BCUT2D eigenvalue weighted by Crippen LogP contribution is 2.22. The van der Waals surface area contributed by atoms with Crippen LogP contribution in [-0.2, 0) is 4.79 Å². The van der Waals surface area contributed by atoms with Gasteiger partial charge in [0.25, 0.3) is 5.91 Å². The minimum absolute atomic E-state index is 0.143. The first-order valence-corrected chi connectivity index (χ1v) is 8.59. The molecule has 7 heteroatoms. The van der Waals surface area contributed by atoms with Crippen molar-refractivity contribution in [3.63, 3.8) is 0 Å². The molecular weight excluding hydrogens is 337 g/mol. The third-order valence-corrected chi connectivity index (χ3v) is 4.67. The quantitative estimate of drug-likeness (QED) is 0.792. The average Bonchev–Trinajstić information content (AvgIpc) is 2.91. The fourth-order valence-corrected chi connectivity index (χ4v) is 3.02. The minimum Gasteiger partial charge on any atom is -0.481 e. The second kappa shape index (κ2) is 7.68. The molecule has 0 atom stereocenters. The first-order valence-electron chi connectivity index (χ1n) is 8.59. The van der Waals surface area contributed by atoms with E-state index < -0.39 is 23.2 Å². The molecule has 2 N–H and O–H groups in total. The van der Waals surface area contributed by atoms with Gasteiger partial charge in [0.05, 0.1) is 17.7 Å². The number of nitrogens with one attached hydrogen (secondary N) is 1. The van der Waals surface area contributed by atoms with Gasteiger partial charge in [-0.2, -0.15) is 5.10 Å². The van der Waals surface area contributed by atoms with Gasteiger partial charge in [0.15, 0.2) is 0 Å². The Morgan fingerprint density at radius 2 is 1.88 bits per heavy atom. The van der Waals surface area contributed by atoms with Gasteiger partial charge in [-0.15, -0.1) is 0 Å². The lowest BCUT2D eigenvalue weighted by molar-refractivity contribution is -0.138. The smallest absolute Gasteiger partial charge is 0.305 e. The Balaban J connectivity index is 2.29. The Hall–Kier alpha value is -2.70. The SMILES string of the molecule is CCC(CC)(CC(=O)O)NC(=O)c1ccc(-n2nc(C)cc2C)c(F)c1. The highest BCUT2D eigenvalue weighted by Gasteiger charge is 2.31. The lowest BCUT2D eigenvalue weighted by Gasteiger charge is -2.31. The summed E-state index contributed by atoms with van der Waals surface area (Å²) < 4.78 is 16.0. The standard InChI is InChI=1S/C19H24FN3O3/c1-5-19(6-2,11-17(24)25)21-18(26)14-7-8-16(15(20)10-14)23-13(4)9-12(3)22-23/h7-10H,5-6,11H2,1-4H3,(H,21,26)(H,24,25). The zero-order valence-corrected chi connectivity index (χ0v) is 15.5. The number of aromatic nitrogens is 2. The van der Waals surface area contributed by atoms with Crippen molar-refractivity contribution >= 4 is 11.9 Å². The summed E-state index contributed by atoms with van der Waals surface area (Å²) in [7, 11) is 0. The van der Waals surface area contributed by atoms with Crippen LogP contribution in [0.1, 0.15) is 54.9 Å². The topological polar surface area (TPSA) is 84.2 Å². The lowest BCUT2D eigenvalue weighted by atomic mass is 9.88. The molecule has 0 spiro atoms. The van der Waals surface area contributed by atoms with Crippen LogP contribution in [0.5, 0.6) is 0 Å². The average molecular weight is 361 g/mol. The van der Waals surface area contributed by atoms with Crippen LogP contribution in [-0.4, -0.2) is 32.3 Å². The summed E-state index contributed by atoms with van der Waals surface area (Å²) in [6, 6.07) is 6.00. The van der Waals surface area contributed by atoms with Gasteiger partial charge in [-0.1, -0.05) is 13.8 Å². The molecule has 0 unspecified atom stereocenters. The number of carboxylic acids is 1. The van der Waals surface area contributed by atoms with Crippen LogP contribution >= 0.6 is 0 Å². The van der Waals surface area contributed by atoms with Crippen LogP contribution in [0.15, 0.2) is 24.3 Å². The second-order valence-corrected chi connectivity index (χ2v) is 6.52. The van der Waals surface area contributed by atoms with Crippen molar-refractivity contribution in [1.82, 2.24) is 15.1 Å². The minimum atomic E-state index is -0.986. The van der Waals surface area contributed by atoms with Gasteiger partial charge < -0.3 is 10.4 Å². The van der Waals surface area contributed by atoms with Crippen LogP contribution in [0.3, 0.4) is 0 Å². The number of hydrogen-bond acceptors (Lipinski definition) is 3. The van der Waals surface area contributed by atoms with Crippen LogP contribution in [0.2, 0.25) is 0 Å². The Morgan fingerprint density at radius 3 is 2.35 bits per heavy atom. The normalized spacial score (nSPS) is 11.4. The van der Waals surface area contributed by atoms with Crippen LogP contribution in [0.4, 0.5) is 4.39 Å². The fraction of sp³-hybridized carbons (Fsp3) is 0.421. The highest BCUT2D eigenvalue weighted by atomic mass is 19.1. The van der Waals surface area contributed by atoms with E-state index in [0.29, 0.717) is 12.8 Å². The molecule has 1 aromatic heterocycles. The zero-order chi connectivity index (χ0) is 19.5. The number of nitrogens with zero attached hydrogens (tertiary/aromatic N) is 2. The maximum Gasteiger partial charge on any atom is 0.305 e. The van der Waals surface area contributed by atoms with Gasteiger partial charge in [0.1, 0.15) is 11.5 Å². The summed E-state index contributed by atoms with van der Waals surface area (Å²) in [5.74, 6) is -2.05. The van der Waals surface area contributed by atoms with Crippen molar-refractivity contribution in [3.05, 3.63) is 47.0 Å². The van der Waals surface area contributed by atoms with Gasteiger partial charge in [-0.05, 0) is 51.0 Å². The summed E-state index contributed by atoms with van der Waals surface area (Å²) >= 11 is 0. The fourth-order valence-electron chi connectivity index (χ4n) is 3.02. The number of benzene rings is 1. The van der Waals surface area contributed by atoms with Crippen molar-refractivity contribution in [3.8, 4) is 5.69 Å². The molecule has 0 saturated heterocycles. The molecule has 26 heavy (non-hydrogen) atoms. The van der Waals surface area contributed by atoms with Gasteiger partial charge in [-0.3, -0.25) is 9.59 Å². The molecular formula is C19H24FN3O3. The Labute approximate surface area is 152 Å². The molecule has 6 nitrogen and oxygen atoms in total. The van der Waals surface area contributed by atoms with E-state index >= 15 is 0 Å². The maximum absolute atomic E-state index is 14.6. The Kier molecular flexibility index (Phi) is 5.79. The first-order chi connectivity index (χ1) is 12.2. The maximum atomic E-state index is 14.6. The number of hydrogen-bond donors (Lipinski definition) is 2. The number of aryl methyl sites for hydroxylation is 2. The van der Waals surface area contributed by atoms with Crippen molar-refractivity contribution in [2.75, 3.05) is 0 Å². The largest absolute Gasteiger partial charge is 0.481 e. The predicted octanol–water partition coefficient (Wildman–Crippen LogP) is 3.39. The molecule has 0 bridgehead atoms. The number of rotatable bonds is 7. The van der Waals surface area contributed by atoms with E-state index in [0.717, 1.165) is 17.5 Å². The van der Waals surface area contributed by atoms with E-state index in [4.69, 9.17) is 5.11 Å². The van der Waals surface area contributed by atoms with Gasteiger partial charge >= 0.3 is 5.97 Å². The molecule has 1 amide bonds. The van der Waals surface area contributed by atoms with Crippen LogP contribution in [0, 0.1) is 19.7 Å². The van der Waals surface area contributed by atoms with E-state index in [9.17, 15) is 14.0 Å². The monoisotopic (exact) mass is 361 g/mol. The summed E-state index contributed by atoms with van der Waals surface area (Å²) in [4.78, 5) is 23.7. The molecule has 1 aromatic carbocycles. The van der Waals surface area contributed by atoms with E-state index in [-0.39, 0.29) is 17.7 Å². The van der Waals surface area contributed by atoms with Crippen molar-refractivity contribution in [2.45, 2.75) is 52.5 Å². The summed E-state index contributed by atoms with van der Waals surface area (Å²) in [6.45, 7) is 7.28. The van der Waals surface area contributed by atoms with Gasteiger partial charge in [0, 0.05) is 11.3 Å². The van der Waals surface area contributed by atoms with Crippen molar-refractivity contribution in [2.24, 2.45) is 0 Å². The number of amides is 1. The number of carbonyl (C=O) groups excluding carboxylic acids is 1. The summed E-state index contributed by atoms with van der Waals surface area (Å²) in [5.41, 5.74) is 1.11. The molecule has 0 aliphatic rings. The van der Waals surface area contributed by atoms with Crippen molar-refractivity contribution < 1.29 is 19.1 Å². The Morgan fingerprint density at radius 1 is 1.23 bits per heavy atom. The molecule has 0 aliphatic heterocycles. The van der Waals surface area contributed by atoms with Gasteiger partial charge in [-0.25, -0.2) is 9.07 Å². The van der Waals surface area contributed by atoms with E-state index in [1.807, 2.05) is 33.8 Å². The molecule has 0 aliphatic carbocycles. The molecule has 0 fully saturated rings. The highest BCUT2D eigenvalue weighted by molar-refractivity contribution is 5.95. The van der Waals surface area contributed by atoms with E-state index in [2.05, 4.69) is 10.4 Å². The molecule has 2 aromatic rings. The third-order valence-electron chi connectivity index (χ3n) is 4.67. The van der Waals surface area contributed by atoms with Crippen LogP contribution < -0.4 is 5.32 Å². The molecule has 1 heterocycles. The lowest BCUT2D eigenvalue weighted by Crippen LogP contribution is -2.49. The van der Waals surface area contributed by atoms with Crippen molar-refractivity contribution in [1.29, 1.82) is 0 Å². The third kappa shape index (κ3) is 4.09. The number of halogens is 1. The summed E-state index contributed by atoms with van der Waals surface area (Å²) in [6.07, 6.45) is 0.750. The number of carboxylic acid groups (broad SMARTS) is 1. The molecule has 2 rings (SSSR count). The van der Waals surface area contributed by atoms with Gasteiger partial charge in [0.2, 0.25) is 0 Å². The van der Waals surface area contributed by atoms with E-state index in [1.54, 1.807) is 0 Å². The first kappa shape index (κ1) is 19.6. The number of carbonyl (C=O) groups is 2. The Bertz CT molecular complexity index is 825. The van der Waals surface area contributed by atoms with E-state index in [1.165, 1.54) is 16.8 Å². The molecule has 140 valence electrons. The molecule has 0 saturated carbocycles. The molecule has 0 radical (unpaired) electrons. The van der Waals surface area contributed by atoms with Crippen LogP contribution in [0.25, 0.3) is 5.69 Å². The zero-order valence-electron chi connectivity index (χ0n) is 15.5. The number of aliphatic carboxylic acids is 1. The second-order valence-electron chi connectivity index (χ2n) is 6.52.